The Morgan fingerprint density at radius 2 is 1.84 bits per heavy atom. The lowest BCUT2D eigenvalue weighted by molar-refractivity contribution is 0.425. The monoisotopic (exact) mass is 494 g/mol. The number of H-pyrrole nitrogens is 2. The van der Waals surface area contributed by atoms with Crippen LogP contribution in [0.25, 0.3) is 56.1 Å². The van der Waals surface area contributed by atoms with Crippen LogP contribution in [-0.4, -0.2) is 72.2 Å². The number of nitrogens with one attached hydrogen (secondary N) is 3. The number of fused-ring (bicyclic) bond motifs is 2. The molecule has 0 atom stereocenters. The van der Waals surface area contributed by atoms with Crippen molar-refractivity contribution in [2.75, 3.05) is 32.5 Å². The highest BCUT2D eigenvalue weighted by atomic mass is 19.1. The van der Waals surface area contributed by atoms with Crippen molar-refractivity contribution < 1.29 is 4.39 Å². The zero-order chi connectivity index (χ0) is 25.4. The minimum absolute atomic E-state index is 0.328. The molecule has 6 aromatic rings. The smallest absolute Gasteiger partial charge is 0.162 e. The first-order valence-electron chi connectivity index (χ1n) is 11.7. The summed E-state index contributed by atoms with van der Waals surface area (Å²) in [7, 11) is 3.99. The molecule has 1 aromatic carbocycles. The van der Waals surface area contributed by atoms with Crippen LogP contribution in [0.15, 0.2) is 61.3 Å². The predicted molar refractivity (Wildman–Crippen MR) is 140 cm³/mol. The number of hydrogen-bond acceptors (Lipinski definition) is 8. The molecule has 0 unspecified atom stereocenters. The van der Waals surface area contributed by atoms with Gasteiger partial charge in [0.15, 0.2) is 17.2 Å². The lowest BCUT2D eigenvalue weighted by Crippen LogP contribution is -2.20. The van der Waals surface area contributed by atoms with Crippen molar-refractivity contribution in [1.82, 2.24) is 45.0 Å². The number of rotatable bonds is 7. The average molecular weight is 495 g/mol. The van der Waals surface area contributed by atoms with Crippen molar-refractivity contribution in [3.05, 3.63) is 67.1 Å². The molecule has 0 saturated heterocycles. The largest absolute Gasteiger partial charge is 0.384 e. The highest BCUT2D eigenvalue weighted by Crippen LogP contribution is 2.32. The van der Waals surface area contributed by atoms with E-state index in [9.17, 15) is 4.39 Å². The van der Waals surface area contributed by atoms with Gasteiger partial charge in [-0.05, 0) is 56.1 Å². The van der Waals surface area contributed by atoms with Gasteiger partial charge in [0, 0.05) is 48.5 Å². The van der Waals surface area contributed by atoms with Gasteiger partial charge in [0.25, 0.3) is 0 Å². The Bertz CT molecular complexity index is 1710. The molecule has 0 spiro atoms. The van der Waals surface area contributed by atoms with Gasteiger partial charge in [0.2, 0.25) is 0 Å². The summed E-state index contributed by atoms with van der Waals surface area (Å²) in [6, 6.07) is 10.5. The van der Waals surface area contributed by atoms with Crippen molar-refractivity contribution in [2.24, 2.45) is 0 Å². The number of hydrogen-bond donors (Lipinski definition) is 3. The van der Waals surface area contributed by atoms with E-state index < -0.39 is 0 Å². The maximum Gasteiger partial charge on any atom is 0.162 e. The highest BCUT2D eigenvalue weighted by Gasteiger charge is 2.18. The number of likely N-dealkylation sites (N-methyl/N-ethyl adjacent to an activating group) is 1. The number of halogens is 1. The molecule has 184 valence electrons. The Labute approximate surface area is 211 Å². The lowest BCUT2D eigenvalue weighted by Gasteiger charge is -2.12. The fourth-order valence-corrected chi connectivity index (χ4v) is 4.18. The number of nitrogens with zero attached hydrogens (tertiary/aromatic N) is 7. The summed E-state index contributed by atoms with van der Waals surface area (Å²) in [6.45, 7) is 1.53. The van der Waals surface area contributed by atoms with E-state index in [1.165, 1.54) is 18.5 Å². The normalized spacial score (nSPS) is 11.6. The van der Waals surface area contributed by atoms with Crippen LogP contribution in [-0.2, 0) is 0 Å². The number of imidazole rings is 1. The summed E-state index contributed by atoms with van der Waals surface area (Å²) in [4.78, 5) is 27.5. The van der Waals surface area contributed by atoms with Crippen LogP contribution in [0.4, 0.5) is 10.1 Å². The third kappa shape index (κ3) is 4.47. The van der Waals surface area contributed by atoms with Crippen LogP contribution in [0.5, 0.6) is 0 Å². The second-order valence-electron chi connectivity index (χ2n) is 8.89. The van der Waals surface area contributed by atoms with Crippen LogP contribution in [0.2, 0.25) is 0 Å². The lowest BCUT2D eigenvalue weighted by atomic mass is 10.0. The third-order valence-electron chi connectivity index (χ3n) is 5.97. The number of benzene rings is 1. The van der Waals surface area contributed by atoms with E-state index in [1.54, 1.807) is 18.6 Å². The molecule has 37 heavy (non-hydrogen) atoms. The molecule has 3 N–H and O–H groups in total. The van der Waals surface area contributed by atoms with Gasteiger partial charge < -0.3 is 15.2 Å². The summed E-state index contributed by atoms with van der Waals surface area (Å²) in [5.74, 6) is 0.182. The molecule has 0 radical (unpaired) electrons. The van der Waals surface area contributed by atoms with Gasteiger partial charge in [0.1, 0.15) is 23.2 Å². The second-order valence-corrected chi connectivity index (χ2v) is 8.89. The number of pyridine rings is 2. The van der Waals surface area contributed by atoms with Gasteiger partial charge in [-0.1, -0.05) is 0 Å². The molecule has 0 aliphatic rings. The molecular weight excluding hydrogens is 471 g/mol. The summed E-state index contributed by atoms with van der Waals surface area (Å²) in [5, 5.41) is 10.8. The van der Waals surface area contributed by atoms with Crippen molar-refractivity contribution in [3.63, 3.8) is 0 Å². The van der Waals surface area contributed by atoms with Gasteiger partial charge in [0.05, 0.1) is 11.2 Å². The van der Waals surface area contributed by atoms with E-state index in [0.29, 0.717) is 46.0 Å². The van der Waals surface area contributed by atoms with Gasteiger partial charge in [-0.15, -0.1) is 0 Å². The fraction of sp³-hybridized carbons (Fsp3) is 0.154. The zero-order valence-corrected chi connectivity index (χ0v) is 20.2. The molecule has 0 aliphatic heterocycles. The van der Waals surface area contributed by atoms with Gasteiger partial charge in [-0.2, -0.15) is 5.10 Å². The van der Waals surface area contributed by atoms with Crippen molar-refractivity contribution in [3.8, 4) is 33.9 Å². The molecule has 0 aliphatic carbocycles. The molecule has 0 fully saturated rings. The minimum Gasteiger partial charge on any atom is -0.384 e. The van der Waals surface area contributed by atoms with Gasteiger partial charge >= 0.3 is 0 Å². The number of aromatic amines is 2. The number of anilines is 1. The Morgan fingerprint density at radius 3 is 2.68 bits per heavy atom. The molecular formula is C26H23FN10. The zero-order valence-electron chi connectivity index (χ0n) is 20.2. The van der Waals surface area contributed by atoms with E-state index in [2.05, 4.69) is 40.3 Å². The maximum absolute atomic E-state index is 14.6. The van der Waals surface area contributed by atoms with Crippen LogP contribution in [0.3, 0.4) is 0 Å². The highest BCUT2D eigenvalue weighted by molar-refractivity contribution is 5.95. The Kier molecular flexibility index (Phi) is 5.73. The Hall–Kier alpha value is -4.77. The summed E-state index contributed by atoms with van der Waals surface area (Å²) >= 11 is 0. The molecule has 11 heteroatoms. The first kappa shape index (κ1) is 22.7. The summed E-state index contributed by atoms with van der Waals surface area (Å²) in [5.41, 5.74) is 6.86. The molecule has 6 rings (SSSR count). The van der Waals surface area contributed by atoms with Crippen LogP contribution in [0.1, 0.15) is 0 Å². The second kappa shape index (κ2) is 9.36. The molecule has 0 amide bonds. The van der Waals surface area contributed by atoms with E-state index in [1.807, 2.05) is 38.4 Å². The van der Waals surface area contributed by atoms with Crippen molar-refractivity contribution >= 4 is 27.9 Å². The average Bonchev–Trinajstić information content (AvgIpc) is 3.52. The van der Waals surface area contributed by atoms with Gasteiger partial charge in [-0.3, -0.25) is 5.10 Å². The third-order valence-corrected chi connectivity index (χ3v) is 5.97. The molecule has 5 aromatic heterocycles. The topological polar surface area (TPSA) is 124 Å². The number of aromatic nitrogens is 8. The molecule has 0 bridgehead atoms. The maximum atomic E-state index is 14.6. The standard InChI is InChI=1S/C26H23FN10/c1-37(2)8-7-30-18-10-15(9-17(27)11-18)19-5-6-31-25-22(19)33-26(34-25)24-23-21(35-36-24)4-3-20(32-23)16-12-28-14-29-13-16/h3-6,9-14,30H,7-8H2,1-2H3,(H,35,36)(H,31,33,34). The minimum atomic E-state index is -0.328. The quantitative estimate of drug-likeness (QED) is 0.303. The molecule has 10 nitrogen and oxygen atoms in total. The summed E-state index contributed by atoms with van der Waals surface area (Å²) in [6.07, 6.45) is 6.58. The SMILES string of the molecule is CN(C)CCNc1cc(F)cc(-c2ccnc3[nH]c(-c4n[nH]c5ccc(-c6cncnc6)nc45)nc23)c1. The van der Waals surface area contributed by atoms with Crippen molar-refractivity contribution in [2.45, 2.75) is 0 Å². The van der Waals surface area contributed by atoms with E-state index in [4.69, 9.17) is 9.97 Å². The predicted octanol–water partition coefficient (Wildman–Crippen LogP) is 4.13. The Morgan fingerprint density at radius 1 is 0.973 bits per heavy atom. The van der Waals surface area contributed by atoms with Crippen molar-refractivity contribution in [1.29, 1.82) is 0 Å². The first-order valence-corrected chi connectivity index (χ1v) is 11.7. The van der Waals surface area contributed by atoms with Crippen LogP contribution in [0, 0.1) is 5.82 Å². The molecule has 5 heterocycles. The van der Waals surface area contributed by atoms with E-state index in [0.717, 1.165) is 28.9 Å². The van der Waals surface area contributed by atoms with E-state index >= 15 is 0 Å². The van der Waals surface area contributed by atoms with Crippen LogP contribution < -0.4 is 5.32 Å². The first-order chi connectivity index (χ1) is 18.0. The van der Waals surface area contributed by atoms with Crippen LogP contribution >= 0.6 is 0 Å². The Balaban J connectivity index is 1.41. The fourth-order valence-electron chi connectivity index (χ4n) is 4.18. The van der Waals surface area contributed by atoms with Gasteiger partial charge in [-0.25, -0.2) is 29.3 Å². The molecule has 0 saturated carbocycles. The summed E-state index contributed by atoms with van der Waals surface area (Å²) < 4.78 is 14.6. The van der Waals surface area contributed by atoms with E-state index in [-0.39, 0.29) is 5.82 Å².